The Balaban J connectivity index is 1.06. The lowest BCUT2D eigenvalue weighted by atomic mass is 9.73. The van der Waals surface area contributed by atoms with E-state index in [1.165, 1.54) is 81.5 Å². The minimum absolute atomic E-state index is 0.148. The molecule has 0 N–H and O–H groups in total. The summed E-state index contributed by atoms with van der Waals surface area (Å²) < 4.78 is 1.32. The zero-order valence-electron chi connectivity index (χ0n) is 32.5. The first-order valence-corrected chi connectivity index (χ1v) is 21.2. The van der Waals surface area contributed by atoms with Crippen LogP contribution < -0.4 is 0 Å². The van der Waals surface area contributed by atoms with Gasteiger partial charge in [-0.3, -0.25) is 0 Å². The van der Waals surface area contributed by atoms with E-state index >= 15 is 0 Å². The first-order valence-electron chi connectivity index (χ1n) is 20.4. The maximum atomic E-state index is 5.38. The van der Waals surface area contributed by atoms with Gasteiger partial charge in [-0.25, -0.2) is 15.0 Å². The molecule has 8 aromatic carbocycles. The molecule has 59 heavy (non-hydrogen) atoms. The molecule has 0 bridgehead atoms. The minimum atomic E-state index is -0.463. The molecule has 0 aliphatic heterocycles. The van der Waals surface area contributed by atoms with Crippen molar-refractivity contribution in [1.82, 2.24) is 15.0 Å². The van der Waals surface area contributed by atoms with Crippen LogP contribution in [0.1, 0.15) is 46.5 Å². The highest BCUT2D eigenvalue weighted by Gasteiger charge is 2.53. The first kappa shape index (κ1) is 33.0. The van der Waals surface area contributed by atoms with Gasteiger partial charge in [-0.05, 0) is 90.7 Å². The maximum Gasteiger partial charge on any atom is 0.164 e. The van der Waals surface area contributed by atoms with Crippen LogP contribution in [0.15, 0.2) is 176 Å². The van der Waals surface area contributed by atoms with Crippen molar-refractivity contribution in [1.29, 1.82) is 0 Å². The Hall–Kier alpha value is -7.01. The van der Waals surface area contributed by atoms with Gasteiger partial charge in [-0.2, -0.15) is 0 Å². The van der Waals surface area contributed by atoms with E-state index in [1.807, 2.05) is 11.3 Å². The van der Waals surface area contributed by atoms with Gasteiger partial charge in [0.2, 0.25) is 0 Å². The van der Waals surface area contributed by atoms with E-state index in [0.29, 0.717) is 17.5 Å². The largest absolute Gasteiger partial charge is 0.208 e. The van der Waals surface area contributed by atoms with Crippen molar-refractivity contribution in [2.24, 2.45) is 0 Å². The topological polar surface area (TPSA) is 38.7 Å². The summed E-state index contributed by atoms with van der Waals surface area (Å²) in [6.07, 6.45) is 0. The Morgan fingerprint density at radius 1 is 0.390 bits per heavy atom. The molecule has 0 saturated heterocycles. The smallest absolute Gasteiger partial charge is 0.164 e. The average Bonchev–Trinajstić information content (AvgIpc) is 3.97. The molecule has 0 unspecified atom stereocenters. The van der Waals surface area contributed by atoms with Crippen molar-refractivity contribution in [3.63, 3.8) is 0 Å². The fourth-order valence-corrected chi connectivity index (χ4v) is 12.1. The van der Waals surface area contributed by atoms with E-state index in [1.54, 1.807) is 0 Å². The molecule has 1 spiro atoms. The van der Waals surface area contributed by atoms with Crippen molar-refractivity contribution < 1.29 is 0 Å². The zero-order chi connectivity index (χ0) is 39.0. The van der Waals surface area contributed by atoms with Gasteiger partial charge in [0, 0.05) is 42.6 Å². The summed E-state index contributed by atoms with van der Waals surface area (Å²) in [7, 11) is 0. The molecule has 0 fully saturated rings. The van der Waals surface area contributed by atoms with E-state index in [2.05, 4.69) is 190 Å². The van der Waals surface area contributed by atoms with Crippen LogP contribution in [-0.2, 0) is 10.8 Å². The lowest BCUT2D eigenvalue weighted by Crippen LogP contribution is -2.25. The second-order valence-electron chi connectivity index (χ2n) is 16.7. The Kier molecular flexibility index (Phi) is 6.59. The van der Waals surface area contributed by atoms with E-state index in [9.17, 15) is 0 Å². The highest BCUT2D eigenvalue weighted by atomic mass is 32.1. The fraction of sp³-hybridized carbons (Fsp3) is 0.0727. The molecular weight excluding hydrogens is 735 g/mol. The Labute approximate surface area is 346 Å². The molecule has 10 aromatic rings. The number of benzene rings is 8. The van der Waals surface area contributed by atoms with Crippen molar-refractivity contribution in [2.75, 3.05) is 0 Å². The van der Waals surface area contributed by atoms with Gasteiger partial charge in [0.05, 0.1) is 5.41 Å². The summed E-state index contributed by atoms with van der Waals surface area (Å²) in [5, 5.41) is 3.65. The lowest BCUT2D eigenvalue weighted by Gasteiger charge is -2.29. The van der Waals surface area contributed by atoms with Gasteiger partial charge in [-0.1, -0.05) is 166 Å². The molecule has 3 nitrogen and oxygen atoms in total. The van der Waals surface area contributed by atoms with Gasteiger partial charge in [-0.15, -0.1) is 11.3 Å². The van der Waals surface area contributed by atoms with Gasteiger partial charge < -0.3 is 0 Å². The van der Waals surface area contributed by atoms with Crippen LogP contribution in [-0.4, -0.2) is 15.0 Å². The first-order chi connectivity index (χ1) is 29.0. The molecule has 13 rings (SSSR count). The summed E-state index contributed by atoms with van der Waals surface area (Å²) >= 11 is 1.93. The van der Waals surface area contributed by atoms with Gasteiger partial charge in [0.1, 0.15) is 0 Å². The summed E-state index contributed by atoms with van der Waals surface area (Å²) in [4.78, 5) is 17.4. The minimum Gasteiger partial charge on any atom is -0.208 e. The molecule has 3 aliphatic rings. The molecule has 0 atom stereocenters. The molecule has 276 valence electrons. The number of hydrogen-bond acceptors (Lipinski definition) is 4. The van der Waals surface area contributed by atoms with Gasteiger partial charge in [0.25, 0.3) is 0 Å². The van der Waals surface area contributed by atoms with Crippen LogP contribution in [0.4, 0.5) is 0 Å². The predicted octanol–water partition coefficient (Wildman–Crippen LogP) is 13.9. The Morgan fingerprint density at radius 2 is 0.881 bits per heavy atom. The normalized spacial score (nSPS) is 14.5. The van der Waals surface area contributed by atoms with E-state index in [0.717, 1.165) is 22.1 Å². The monoisotopic (exact) mass is 769 g/mol. The molecule has 0 radical (unpaired) electrons. The number of hydrogen-bond donors (Lipinski definition) is 0. The molecule has 2 aromatic heterocycles. The molecule has 3 aliphatic carbocycles. The van der Waals surface area contributed by atoms with E-state index in [-0.39, 0.29) is 5.41 Å². The van der Waals surface area contributed by atoms with Crippen LogP contribution in [0.25, 0.3) is 88.4 Å². The zero-order valence-corrected chi connectivity index (χ0v) is 33.3. The van der Waals surface area contributed by atoms with Crippen LogP contribution in [0.5, 0.6) is 0 Å². The number of thiophene rings is 1. The lowest BCUT2D eigenvalue weighted by molar-refractivity contribution is 0.660. The predicted molar refractivity (Wildman–Crippen MR) is 243 cm³/mol. The van der Waals surface area contributed by atoms with Crippen molar-refractivity contribution in [2.45, 2.75) is 24.7 Å². The summed E-state index contributed by atoms with van der Waals surface area (Å²) in [5.41, 5.74) is 16.7. The second-order valence-corrected chi connectivity index (χ2v) is 17.8. The third-order valence-electron chi connectivity index (χ3n) is 13.3. The van der Waals surface area contributed by atoms with Crippen LogP contribution in [0.2, 0.25) is 0 Å². The third kappa shape index (κ3) is 4.39. The van der Waals surface area contributed by atoms with Crippen molar-refractivity contribution >= 4 is 32.2 Å². The second kappa shape index (κ2) is 11.8. The quantitative estimate of drug-likeness (QED) is 0.180. The standard InChI is InChI=1S/C55H35N3S/c1-54(2)43-19-9-5-15-37(43)40-27-25-35(30-46(40)54)52-56-51(34-24-23-32-13-3-4-14-33(32)29-34)57-53(58-52)36-26-28-41-47(31-36)55(50-49(41)42-18-8-12-22-48(42)59-50)44-20-10-6-16-38(44)39-17-7-11-21-45(39)55/h3-31H,1-2H3. The average molecular weight is 770 g/mol. The van der Waals surface area contributed by atoms with Crippen molar-refractivity contribution in [3.8, 4) is 67.5 Å². The van der Waals surface area contributed by atoms with Gasteiger partial charge >= 0.3 is 0 Å². The Bertz CT molecular complexity index is 3400. The number of fused-ring (bicyclic) bond motifs is 16. The number of rotatable bonds is 3. The summed E-state index contributed by atoms with van der Waals surface area (Å²) in [6, 6.07) is 64.4. The third-order valence-corrected chi connectivity index (χ3v) is 14.6. The molecule has 2 heterocycles. The summed E-state index contributed by atoms with van der Waals surface area (Å²) in [6.45, 7) is 4.64. The molecule has 0 amide bonds. The van der Waals surface area contributed by atoms with Crippen molar-refractivity contribution in [3.05, 3.63) is 209 Å². The van der Waals surface area contributed by atoms with E-state index in [4.69, 9.17) is 15.0 Å². The highest BCUT2D eigenvalue weighted by molar-refractivity contribution is 7.20. The maximum absolute atomic E-state index is 5.38. The number of aromatic nitrogens is 3. The van der Waals surface area contributed by atoms with Crippen LogP contribution in [0.3, 0.4) is 0 Å². The van der Waals surface area contributed by atoms with E-state index < -0.39 is 5.41 Å². The van der Waals surface area contributed by atoms with Gasteiger partial charge in [0.15, 0.2) is 17.5 Å². The highest BCUT2D eigenvalue weighted by Crippen LogP contribution is 2.66. The molecule has 0 saturated carbocycles. The summed E-state index contributed by atoms with van der Waals surface area (Å²) in [5.74, 6) is 2.00. The molecular formula is C55H35N3S. The number of nitrogens with zero attached hydrogens (tertiary/aromatic N) is 3. The SMILES string of the molecule is CC1(C)c2ccccc2-c2ccc(-c3nc(-c4ccc5c(c4)C4(c6ccccc6-c6ccccc64)c4sc6ccccc6c4-5)nc(-c4ccc5ccccc5c4)n3)cc21. The molecule has 4 heteroatoms. The van der Waals surface area contributed by atoms with Crippen LogP contribution >= 0.6 is 11.3 Å². The Morgan fingerprint density at radius 3 is 1.58 bits per heavy atom. The van der Waals surface area contributed by atoms with Crippen LogP contribution in [0, 0.1) is 0 Å². The fourth-order valence-electron chi connectivity index (χ4n) is 10.6.